The predicted octanol–water partition coefficient (Wildman–Crippen LogP) is 4.82. The van der Waals surface area contributed by atoms with Gasteiger partial charge in [0.25, 0.3) is 0 Å². The van der Waals surface area contributed by atoms with E-state index in [4.69, 9.17) is 21.1 Å². The molecule has 2 rings (SSSR count). The summed E-state index contributed by atoms with van der Waals surface area (Å²) in [5, 5.41) is 4.02. The summed E-state index contributed by atoms with van der Waals surface area (Å²) in [6.45, 7) is 6.78. The predicted molar refractivity (Wildman–Crippen MR) is 95.4 cm³/mol. The Bertz CT molecular complexity index is 602. The van der Waals surface area contributed by atoms with Crippen LogP contribution in [0.15, 0.2) is 42.5 Å². The van der Waals surface area contributed by atoms with Crippen LogP contribution in [0.25, 0.3) is 0 Å². The normalized spacial score (nSPS) is 10.6. The van der Waals surface area contributed by atoms with Crippen LogP contribution in [0.3, 0.4) is 0 Å². The SMILES string of the molecule is CCCOc1c(Cl)cc(CNCc2ccccc2)cc1OCC. The van der Waals surface area contributed by atoms with E-state index in [2.05, 4.69) is 24.4 Å². The second-order valence-electron chi connectivity index (χ2n) is 5.28. The highest BCUT2D eigenvalue weighted by atomic mass is 35.5. The van der Waals surface area contributed by atoms with Gasteiger partial charge in [0.15, 0.2) is 11.5 Å². The molecule has 124 valence electrons. The number of halogens is 1. The molecule has 0 bridgehead atoms. The van der Waals surface area contributed by atoms with Crippen molar-refractivity contribution in [3.05, 3.63) is 58.6 Å². The van der Waals surface area contributed by atoms with Crippen molar-refractivity contribution in [3.8, 4) is 11.5 Å². The third-order valence-electron chi connectivity index (χ3n) is 3.32. The van der Waals surface area contributed by atoms with Gasteiger partial charge in [-0.05, 0) is 36.6 Å². The highest BCUT2D eigenvalue weighted by molar-refractivity contribution is 6.32. The first-order valence-corrected chi connectivity index (χ1v) is 8.45. The molecule has 23 heavy (non-hydrogen) atoms. The Labute approximate surface area is 143 Å². The zero-order valence-electron chi connectivity index (χ0n) is 13.8. The van der Waals surface area contributed by atoms with E-state index in [1.807, 2.05) is 37.3 Å². The van der Waals surface area contributed by atoms with Gasteiger partial charge in [-0.25, -0.2) is 0 Å². The van der Waals surface area contributed by atoms with Crippen molar-refractivity contribution in [1.29, 1.82) is 0 Å². The van der Waals surface area contributed by atoms with Crippen LogP contribution in [0.1, 0.15) is 31.4 Å². The van der Waals surface area contributed by atoms with Gasteiger partial charge >= 0.3 is 0 Å². The van der Waals surface area contributed by atoms with Crippen LogP contribution in [-0.4, -0.2) is 13.2 Å². The molecule has 0 saturated carbocycles. The van der Waals surface area contributed by atoms with Crippen molar-refractivity contribution in [2.24, 2.45) is 0 Å². The molecule has 2 aromatic rings. The molecule has 2 aromatic carbocycles. The summed E-state index contributed by atoms with van der Waals surface area (Å²) in [5.74, 6) is 1.35. The summed E-state index contributed by atoms with van der Waals surface area (Å²) >= 11 is 6.37. The Morgan fingerprint density at radius 1 is 0.957 bits per heavy atom. The van der Waals surface area contributed by atoms with Gasteiger partial charge in [0.2, 0.25) is 0 Å². The maximum atomic E-state index is 6.37. The molecule has 0 aromatic heterocycles. The van der Waals surface area contributed by atoms with Crippen molar-refractivity contribution >= 4 is 11.6 Å². The second-order valence-corrected chi connectivity index (χ2v) is 5.68. The van der Waals surface area contributed by atoms with E-state index < -0.39 is 0 Å². The highest BCUT2D eigenvalue weighted by Crippen LogP contribution is 2.36. The minimum Gasteiger partial charge on any atom is -0.490 e. The lowest BCUT2D eigenvalue weighted by molar-refractivity contribution is 0.277. The van der Waals surface area contributed by atoms with Gasteiger partial charge < -0.3 is 14.8 Å². The molecule has 0 amide bonds. The van der Waals surface area contributed by atoms with Crippen molar-refractivity contribution in [2.75, 3.05) is 13.2 Å². The van der Waals surface area contributed by atoms with E-state index in [1.54, 1.807) is 0 Å². The smallest absolute Gasteiger partial charge is 0.179 e. The zero-order valence-corrected chi connectivity index (χ0v) is 14.5. The van der Waals surface area contributed by atoms with Crippen LogP contribution < -0.4 is 14.8 Å². The fraction of sp³-hybridized carbons (Fsp3) is 0.368. The standard InChI is InChI=1S/C19H24ClNO2/c1-3-10-23-19-17(20)11-16(12-18(19)22-4-2)14-21-13-15-8-6-5-7-9-15/h5-9,11-12,21H,3-4,10,13-14H2,1-2H3. The van der Waals surface area contributed by atoms with E-state index in [1.165, 1.54) is 5.56 Å². The molecule has 0 fully saturated rings. The van der Waals surface area contributed by atoms with Crippen LogP contribution >= 0.6 is 11.6 Å². The van der Waals surface area contributed by atoms with Gasteiger partial charge in [0.05, 0.1) is 18.2 Å². The average Bonchev–Trinajstić information content (AvgIpc) is 2.55. The zero-order chi connectivity index (χ0) is 16.5. The van der Waals surface area contributed by atoms with Crippen molar-refractivity contribution in [2.45, 2.75) is 33.4 Å². The molecule has 0 radical (unpaired) electrons. The molecular formula is C19H24ClNO2. The maximum absolute atomic E-state index is 6.37. The van der Waals surface area contributed by atoms with Gasteiger partial charge in [0.1, 0.15) is 0 Å². The van der Waals surface area contributed by atoms with E-state index in [0.29, 0.717) is 29.7 Å². The Balaban J connectivity index is 2.03. The van der Waals surface area contributed by atoms with Gasteiger partial charge in [-0.2, -0.15) is 0 Å². The van der Waals surface area contributed by atoms with Crippen LogP contribution in [0.5, 0.6) is 11.5 Å². The molecule has 0 unspecified atom stereocenters. The highest BCUT2D eigenvalue weighted by Gasteiger charge is 2.12. The molecule has 0 aliphatic carbocycles. The Hall–Kier alpha value is -1.71. The monoisotopic (exact) mass is 333 g/mol. The Morgan fingerprint density at radius 3 is 2.39 bits per heavy atom. The molecule has 1 N–H and O–H groups in total. The molecule has 3 nitrogen and oxygen atoms in total. The van der Waals surface area contributed by atoms with E-state index in [0.717, 1.165) is 25.1 Å². The molecule has 0 heterocycles. The van der Waals surface area contributed by atoms with Crippen LogP contribution in [0.2, 0.25) is 5.02 Å². The van der Waals surface area contributed by atoms with Gasteiger partial charge in [-0.1, -0.05) is 48.9 Å². The number of benzene rings is 2. The fourth-order valence-corrected chi connectivity index (χ4v) is 2.57. The van der Waals surface area contributed by atoms with E-state index >= 15 is 0 Å². The third-order valence-corrected chi connectivity index (χ3v) is 3.60. The van der Waals surface area contributed by atoms with E-state index in [9.17, 15) is 0 Å². The van der Waals surface area contributed by atoms with Crippen molar-refractivity contribution in [3.63, 3.8) is 0 Å². The summed E-state index contributed by atoms with van der Waals surface area (Å²) in [6, 6.07) is 14.3. The fourth-order valence-electron chi connectivity index (χ4n) is 2.28. The molecule has 0 spiro atoms. The topological polar surface area (TPSA) is 30.5 Å². The van der Waals surface area contributed by atoms with Crippen molar-refractivity contribution < 1.29 is 9.47 Å². The second kappa shape index (κ2) is 9.43. The third kappa shape index (κ3) is 5.45. The summed E-state index contributed by atoms with van der Waals surface area (Å²) in [5.41, 5.74) is 2.34. The first-order chi connectivity index (χ1) is 11.2. The maximum Gasteiger partial charge on any atom is 0.179 e. The van der Waals surface area contributed by atoms with Crippen LogP contribution in [-0.2, 0) is 13.1 Å². The molecule has 0 saturated heterocycles. The molecule has 0 aliphatic heterocycles. The van der Waals surface area contributed by atoms with Gasteiger partial charge in [0, 0.05) is 13.1 Å². The summed E-state index contributed by atoms with van der Waals surface area (Å²) < 4.78 is 11.4. The minimum atomic E-state index is 0.583. The van der Waals surface area contributed by atoms with Crippen molar-refractivity contribution in [1.82, 2.24) is 5.32 Å². The number of hydrogen-bond acceptors (Lipinski definition) is 3. The van der Waals surface area contributed by atoms with Crippen LogP contribution in [0.4, 0.5) is 0 Å². The molecule has 0 atom stereocenters. The first kappa shape index (κ1) is 17.6. The number of ether oxygens (including phenoxy) is 2. The summed E-state index contributed by atoms with van der Waals surface area (Å²) in [6.07, 6.45) is 0.933. The number of nitrogens with one attached hydrogen (secondary N) is 1. The van der Waals surface area contributed by atoms with Gasteiger partial charge in [-0.3, -0.25) is 0 Å². The Kier molecular flexibility index (Phi) is 7.24. The van der Waals surface area contributed by atoms with Gasteiger partial charge in [-0.15, -0.1) is 0 Å². The quantitative estimate of drug-likeness (QED) is 0.713. The lowest BCUT2D eigenvalue weighted by Crippen LogP contribution is -2.13. The summed E-state index contributed by atoms with van der Waals surface area (Å²) in [7, 11) is 0. The first-order valence-electron chi connectivity index (χ1n) is 8.07. The number of rotatable bonds is 9. The van der Waals surface area contributed by atoms with Crippen LogP contribution in [0, 0.1) is 0 Å². The lowest BCUT2D eigenvalue weighted by atomic mass is 10.2. The molecule has 4 heteroatoms. The largest absolute Gasteiger partial charge is 0.490 e. The minimum absolute atomic E-state index is 0.583. The Morgan fingerprint density at radius 2 is 1.70 bits per heavy atom. The lowest BCUT2D eigenvalue weighted by Gasteiger charge is -2.15. The number of hydrogen-bond donors (Lipinski definition) is 1. The molecular weight excluding hydrogens is 310 g/mol. The molecule has 0 aliphatic rings. The average molecular weight is 334 g/mol. The van der Waals surface area contributed by atoms with E-state index in [-0.39, 0.29) is 0 Å². The summed E-state index contributed by atoms with van der Waals surface area (Å²) in [4.78, 5) is 0.